The van der Waals surface area contributed by atoms with Crippen LogP contribution in [0.1, 0.15) is 29.3 Å². The minimum absolute atomic E-state index is 0.0337. The third kappa shape index (κ3) is 7.31. The molecule has 0 spiro atoms. The van der Waals surface area contributed by atoms with Gasteiger partial charge in [-0.2, -0.15) is 0 Å². The number of carbonyl (C=O) groups excluding carboxylic acids is 2. The standard InChI is InChI=1S/C28H28N3O10P/c1-18-15-31(28(35)30-27(18)34)25-12-9-22(39-25)17-38-42(36)37-16-20-13-19(7-10-23(20)41-42)8-11-24(32)29-14-26(33)40-21-5-3-2-4-6-21/h2-7,9-10,12-13,15,22,25H,8,11,14,16-17H2,1H3,(H,29,32)(H,30,34,35)/t22-,25+,42?/m0/s1. The van der Waals surface area contributed by atoms with Crippen molar-refractivity contribution < 1.29 is 37.2 Å². The van der Waals surface area contributed by atoms with Crippen LogP contribution in [0.4, 0.5) is 0 Å². The molecule has 1 amide bonds. The average molecular weight is 598 g/mol. The summed E-state index contributed by atoms with van der Waals surface area (Å²) in [5.41, 5.74) is 0.724. The highest BCUT2D eigenvalue weighted by Crippen LogP contribution is 2.54. The predicted octanol–water partition coefficient (Wildman–Crippen LogP) is 2.69. The molecule has 3 heterocycles. The number of rotatable bonds is 10. The van der Waals surface area contributed by atoms with Gasteiger partial charge in [0.1, 0.15) is 24.1 Å². The van der Waals surface area contributed by atoms with Crippen LogP contribution in [0.2, 0.25) is 0 Å². The van der Waals surface area contributed by atoms with Crippen molar-refractivity contribution in [1.29, 1.82) is 0 Å². The number of aromatic nitrogens is 2. The summed E-state index contributed by atoms with van der Waals surface area (Å²) < 4.78 is 41.6. The smallest absolute Gasteiger partial charge is 0.425 e. The summed E-state index contributed by atoms with van der Waals surface area (Å²) >= 11 is 0. The van der Waals surface area contributed by atoms with Crippen molar-refractivity contribution in [3.05, 3.63) is 104 Å². The predicted molar refractivity (Wildman–Crippen MR) is 148 cm³/mol. The van der Waals surface area contributed by atoms with Gasteiger partial charge in [-0.3, -0.25) is 28.2 Å². The molecular weight excluding hydrogens is 569 g/mol. The van der Waals surface area contributed by atoms with E-state index in [1.165, 1.54) is 10.8 Å². The van der Waals surface area contributed by atoms with Crippen molar-refractivity contribution in [1.82, 2.24) is 14.9 Å². The quantitative estimate of drug-likeness (QED) is 0.154. The van der Waals surface area contributed by atoms with Crippen LogP contribution < -0.4 is 25.8 Å². The number of amides is 1. The van der Waals surface area contributed by atoms with Gasteiger partial charge in [0.15, 0.2) is 6.23 Å². The maximum absolute atomic E-state index is 13.1. The number of nitrogens with zero attached hydrogens (tertiary/aromatic N) is 1. The number of benzene rings is 2. The molecule has 2 aromatic carbocycles. The zero-order chi connectivity index (χ0) is 29.7. The minimum atomic E-state index is -3.94. The van der Waals surface area contributed by atoms with Crippen LogP contribution in [-0.2, 0) is 41.0 Å². The highest BCUT2D eigenvalue weighted by Gasteiger charge is 2.36. The molecule has 3 aromatic rings. The zero-order valence-electron chi connectivity index (χ0n) is 22.5. The second-order valence-corrected chi connectivity index (χ2v) is 11.1. The molecule has 2 N–H and O–H groups in total. The molecule has 0 saturated carbocycles. The van der Waals surface area contributed by atoms with Crippen LogP contribution >= 0.6 is 7.82 Å². The number of phosphoric ester groups is 1. The summed E-state index contributed by atoms with van der Waals surface area (Å²) in [6.45, 7) is 1.13. The lowest BCUT2D eigenvalue weighted by atomic mass is 10.1. The Labute approximate surface area is 239 Å². The van der Waals surface area contributed by atoms with Crippen molar-refractivity contribution in [2.75, 3.05) is 13.2 Å². The molecule has 14 heteroatoms. The van der Waals surface area contributed by atoms with Crippen molar-refractivity contribution >= 4 is 19.7 Å². The number of esters is 1. The van der Waals surface area contributed by atoms with Gasteiger partial charge in [-0.15, -0.1) is 0 Å². The number of aryl methyl sites for hydroxylation is 2. The Morgan fingerprint density at radius 1 is 1.14 bits per heavy atom. The Bertz CT molecular complexity index is 1670. The number of hydrogen-bond donors (Lipinski definition) is 2. The van der Waals surface area contributed by atoms with Crippen LogP contribution in [-0.4, -0.2) is 40.7 Å². The number of carbonyl (C=O) groups is 2. The number of hydrogen-bond acceptors (Lipinski definition) is 10. The number of phosphoric acid groups is 1. The summed E-state index contributed by atoms with van der Waals surface area (Å²) in [7, 11) is -3.94. The van der Waals surface area contributed by atoms with Crippen LogP contribution in [0, 0.1) is 6.92 Å². The van der Waals surface area contributed by atoms with E-state index in [1.807, 2.05) is 0 Å². The van der Waals surface area contributed by atoms with Gasteiger partial charge in [-0.05, 0) is 49.2 Å². The summed E-state index contributed by atoms with van der Waals surface area (Å²) in [6, 6.07) is 13.7. The van der Waals surface area contributed by atoms with Gasteiger partial charge < -0.3 is 19.3 Å². The van der Waals surface area contributed by atoms with Gasteiger partial charge in [0, 0.05) is 23.7 Å². The number of fused-ring (bicyclic) bond motifs is 1. The zero-order valence-corrected chi connectivity index (χ0v) is 23.4. The van der Waals surface area contributed by atoms with Gasteiger partial charge in [-0.1, -0.05) is 30.3 Å². The maximum Gasteiger partial charge on any atom is 0.530 e. The second kappa shape index (κ2) is 12.7. The minimum Gasteiger partial charge on any atom is -0.425 e. The van der Waals surface area contributed by atoms with E-state index in [4.69, 9.17) is 23.0 Å². The molecule has 0 saturated heterocycles. The summed E-state index contributed by atoms with van der Waals surface area (Å²) in [6.07, 6.45) is 3.81. The molecule has 0 bridgehead atoms. The Morgan fingerprint density at radius 2 is 1.95 bits per heavy atom. The molecule has 1 aromatic heterocycles. The first-order chi connectivity index (χ1) is 20.2. The molecule has 5 rings (SSSR count). The largest absolute Gasteiger partial charge is 0.530 e. The van der Waals surface area contributed by atoms with E-state index in [9.17, 15) is 23.7 Å². The molecule has 42 heavy (non-hydrogen) atoms. The van der Waals surface area contributed by atoms with Crippen molar-refractivity contribution in [2.45, 2.75) is 38.7 Å². The molecule has 3 atom stereocenters. The Morgan fingerprint density at radius 3 is 2.76 bits per heavy atom. The fourth-order valence-electron chi connectivity index (χ4n) is 4.20. The first-order valence-corrected chi connectivity index (χ1v) is 14.5. The highest BCUT2D eigenvalue weighted by atomic mass is 31.2. The van der Waals surface area contributed by atoms with Gasteiger partial charge in [-0.25, -0.2) is 14.2 Å². The second-order valence-electron chi connectivity index (χ2n) is 9.54. The van der Waals surface area contributed by atoms with Gasteiger partial charge in [0.05, 0.1) is 13.2 Å². The molecule has 2 aliphatic heterocycles. The molecule has 0 aliphatic carbocycles. The molecule has 2 aliphatic rings. The van der Waals surface area contributed by atoms with Crippen molar-refractivity contribution in [3.8, 4) is 11.5 Å². The van der Waals surface area contributed by atoms with Gasteiger partial charge >= 0.3 is 19.5 Å². The molecular formula is C28H28N3O10P. The number of nitrogens with one attached hydrogen (secondary N) is 2. The lowest BCUT2D eigenvalue weighted by Gasteiger charge is -2.26. The first kappa shape index (κ1) is 29.2. The fourth-order valence-corrected chi connectivity index (χ4v) is 5.43. The molecule has 0 fully saturated rings. The number of H-pyrrole nitrogens is 1. The molecule has 13 nitrogen and oxygen atoms in total. The summed E-state index contributed by atoms with van der Waals surface area (Å²) in [4.78, 5) is 50.0. The monoisotopic (exact) mass is 597 g/mol. The Hall–Kier alpha value is -4.29. The van der Waals surface area contributed by atoms with Crippen molar-refractivity contribution in [2.24, 2.45) is 0 Å². The molecule has 1 unspecified atom stereocenters. The van der Waals surface area contributed by atoms with Crippen LogP contribution in [0.15, 0.2) is 76.5 Å². The number of ether oxygens (including phenoxy) is 2. The van der Waals surface area contributed by atoms with E-state index in [2.05, 4.69) is 10.3 Å². The average Bonchev–Trinajstić information content (AvgIpc) is 3.45. The van der Waals surface area contributed by atoms with Gasteiger partial charge in [0.25, 0.3) is 5.56 Å². The van der Waals surface area contributed by atoms with Crippen LogP contribution in [0.25, 0.3) is 0 Å². The lowest BCUT2D eigenvalue weighted by molar-refractivity contribution is -0.135. The molecule has 220 valence electrons. The van der Waals surface area contributed by atoms with E-state index in [1.54, 1.807) is 67.6 Å². The van der Waals surface area contributed by atoms with E-state index < -0.39 is 37.4 Å². The Balaban J connectivity index is 1.07. The number of aromatic amines is 1. The van der Waals surface area contributed by atoms with E-state index in [0.717, 1.165) is 5.56 Å². The van der Waals surface area contributed by atoms with Crippen molar-refractivity contribution in [3.63, 3.8) is 0 Å². The van der Waals surface area contributed by atoms with Crippen LogP contribution in [0.3, 0.4) is 0 Å². The maximum atomic E-state index is 13.1. The van der Waals surface area contributed by atoms with E-state index >= 15 is 0 Å². The third-order valence-electron chi connectivity index (χ3n) is 6.38. The number of para-hydroxylation sites is 1. The molecule has 0 radical (unpaired) electrons. The summed E-state index contributed by atoms with van der Waals surface area (Å²) in [5, 5.41) is 2.54. The lowest BCUT2D eigenvalue weighted by Crippen LogP contribution is -2.33. The fraction of sp³-hybridized carbons (Fsp3) is 0.286. The normalized spacial score (nSPS) is 20.9. The SMILES string of the molecule is Cc1cn([C@H]2C=C[C@@H](COP3(=O)OCc4cc(CCC(=O)NCC(=O)Oc5ccccc5)ccc4O3)O2)c(=O)[nH]c1=O. The van der Waals surface area contributed by atoms with Gasteiger partial charge in [0.2, 0.25) is 5.91 Å². The topological polar surface area (TPSA) is 164 Å². The Kier molecular flexibility index (Phi) is 8.83. The van der Waals surface area contributed by atoms with Crippen LogP contribution in [0.5, 0.6) is 11.5 Å². The van der Waals surface area contributed by atoms with E-state index in [-0.39, 0.29) is 32.1 Å². The first-order valence-electron chi connectivity index (χ1n) is 13.1. The summed E-state index contributed by atoms with van der Waals surface area (Å²) in [5.74, 6) is -0.149. The van der Waals surface area contributed by atoms with E-state index in [0.29, 0.717) is 29.0 Å². The highest BCUT2D eigenvalue weighted by molar-refractivity contribution is 7.49. The third-order valence-corrected chi connectivity index (χ3v) is 7.71.